The lowest BCUT2D eigenvalue weighted by Crippen LogP contribution is -3.13. The number of nitrogens with one attached hydrogen (secondary N) is 1. The standard InChI is InChI=1S/C23H25N3/c1-19-9-11-20(12-10-19)17-24-26-15-13-25(14-16-26)18-22-7-4-6-21-5-2-3-8-23(21)22/h2-12,17H,13-16,18H2,1H3/p+1/b24-17-. The smallest absolute Gasteiger partial charge is 0.104 e. The van der Waals surface area contributed by atoms with Gasteiger partial charge in [-0.1, -0.05) is 72.3 Å². The van der Waals surface area contributed by atoms with Crippen molar-refractivity contribution in [1.82, 2.24) is 5.01 Å². The molecule has 1 heterocycles. The average molecular weight is 344 g/mol. The fraction of sp³-hybridized carbons (Fsp3) is 0.261. The highest BCUT2D eigenvalue weighted by Gasteiger charge is 2.19. The van der Waals surface area contributed by atoms with Crippen molar-refractivity contribution in [3.8, 4) is 0 Å². The van der Waals surface area contributed by atoms with Gasteiger partial charge in [0.1, 0.15) is 6.54 Å². The van der Waals surface area contributed by atoms with Gasteiger partial charge in [0.25, 0.3) is 0 Å². The summed E-state index contributed by atoms with van der Waals surface area (Å²) in [5, 5.41) is 9.60. The molecule has 3 heteroatoms. The molecule has 0 saturated carbocycles. The highest BCUT2D eigenvalue weighted by Crippen LogP contribution is 2.17. The molecule has 1 aliphatic heterocycles. The van der Waals surface area contributed by atoms with E-state index in [1.54, 1.807) is 4.90 Å². The zero-order valence-electron chi connectivity index (χ0n) is 15.4. The Bertz CT molecular complexity index is 885. The van der Waals surface area contributed by atoms with Gasteiger partial charge < -0.3 is 4.90 Å². The average Bonchev–Trinajstić information content (AvgIpc) is 2.69. The molecule has 0 aromatic heterocycles. The van der Waals surface area contributed by atoms with Crippen molar-refractivity contribution in [3.05, 3.63) is 83.4 Å². The van der Waals surface area contributed by atoms with Crippen LogP contribution in [0.2, 0.25) is 0 Å². The van der Waals surface area contributed by atoms with Gasteiger partial charge in [-0.3, -0.25) is 5.01 Å². The number of aryl methyl sites for hydroxylation is 1. The monoisotopic (exact) mass is 344 g/mol. The fourth-order valence-corrected chi connectivity index (χ4v) is 3.62. The molecule has 0 atom stereocenters. The Kier molecular flexibility index (Phi) is 4.98. The van der Waals surface area contributed by atoms with Crippen molar-refractivity contribution in [2.75, 3.05) is 26.2 Å². The maximum Gasteiger partial charge on any atom is 0.104 e. The quantitative estimate of drug-likeness (QED) is 0.722. The lowest BCUT2D eigenvalue weighted by Gasteiger charge is -2.30. The van der Waals surface area contributed by atoms with E-state index < -0.39 is 0 Å². The van der Waals surface area contributed by atoms with Crippen LogP contribution in [0.15, 0.2) is 71.8 Å². The van der Waals surface area contributed by atoms with Crippen LogP contribution in [0.1, 0.15) is 16.7 Å². The molecule has 0 radical (unpaired) electrons. The zero-order valence-corrected chi connectivity index (χ0v) is 15.4. The third-order valence-electron chi connectivity index (χ3n) is 5.21. The van der Waals surface area contributed by atoms with Gasteiger partial charge in [0.2, 0.25) is 0 Å². The lowest BCUT2D eigenvalue weighted by molar-refractivity contribution is -0.918. The Morgan fingerprint density at radius 3 is 2.46 bits per heavy atom. The molecule has 0 aliphatic carbocycles. The Balaban J connectivity index is 1.35. The van der Waals surface area contributed by atoms with Crippen LogP contribution in [0.3, 0.4) is 0 Å². The maximum absolute atomic E-state index is 4.67. The molecular weight excluding hydrogens is 318 g/mol. The summed E-state index contributed by atoms with van der Waals surface area (Å²) in [6.45, 7) is 7.50. The molecule has 1 aliphatic rings. The minimum atomic E-state index is 1.02. The summed E-state index contributed by atoms with van der Waals surface area (Å²) >= 11 is 0. The SMILES string of the molecule is Cc1ccc(/C=N\N2CC[NH+](Cc3cccc4ccccc34)CC2)cc1. The second kappa shape index (κ2) is 7.71. The van der Waals surface area contributed by atoms with Crippen molar-refractivity contribution >= 4 is 17.0 Å². The van der Waals surface area contributed by atoms with Crippen LogP contribution in [0.5, 0.6) is 0 Å². The van der Waals surface area contributed by atoms with Crippen molar-refractivity contribution in [2.24, 2.45) is 5.10 Å². The number of hydrogen-bond donors (Lipinski definition) is 1. The van der Waals surface area contributed by atoms with Gasteiger partial charge in [0.15, 0.2) is 0 Å². The fourth-order valence-electron chi connectivity index (χ4n) is 3.62. The molecule has 0 amide bonds. The third-order valence-corrected chi connectivity index (χ3v) is 5.21. The molecule has 1 fully saturated rings. The first kappa shape index (κ1) is 16.8. The molecule has 1 N–H and O–H groups in total. The van der Waals surface area contributed by atoms with E-state index in [4.69, 9.17) is 0 Å². The molecule has 1 saturated heterocycles. The van der Waals surface area contributed by atoms with Gasteiger partial charge in [0, 0.05) is 5.56 Å². The molecule has 26 heavy (non-hydrogen) atoms. The summed E-state index contributed by atoms with van der Waals surface area (Å²) in [5.41, 5.74) is 3.91. The number of fused-ring (bicyclic) bond motifs is 1. The van der Waals surface area contributed by atoms with E-state index in [1.807, 2.05) is 6.21 Å². The van der Waals surface area contributed by atoms with Crippen LogP contribution in [0, 0.1) is 6.92 Å². The van der Waals surface area contributed by atoms with Gasteiger partial charge in [-0.25, -0.2) is 0 Å². The van der Waals surface area contributed by atoms with Gasteiger partial charge in [0.05, 0.1) is 32.4 Å². The van der Waals surface area contributed by atoms with Crippen molar-refractivity contribution in [2.45, 2.75) is 13.5 Å². The highest BCUT2D eigenvalue weighted by molar-refractivity contribution is 5.85. The minimum absolute atomic E-state index is 1.02. The molecule has 0 spiro atoms. The van der Waals surface area contributed by atoms with Crippen molar-refractivity contribution < 1.29 is 4.90 Å². The maximum atomic E-state index is 4.67. The van der Waals surface area contributed by atoms with Crippen LogP contribution in [0.25, 0.3) is 10.8 Å². The number of rotatable bonds is 4. The van der Waals surface area contributed by atoms with Crippen LogP contribution < -0.4 is 4.90 Å². The first-order valence-corrected chi connectivity index (χ1v) is 9.44. The van der Waals surface area contributed by atoms with E-state index in [1.165, 1.54) is 27.5 Å². The second-order valence-electron chi connectivity index (χ2n) is 7.17. The number of hydrogen-bond acceptors (Lipinski definition) is 2. The number of nitrogens with zero attached hydrogens (tertiary/aromatic N) is 2. The van der Waals surface area contributed by atoms with E-state index >= 15 is 0 Å². The molecular formula is C23H26N3+. The van der Waals surface area contributed by atoms with E-state index in [-0.39, 0.29) is 0 Å². The van der Waals surface area contributed by atoms with E-state index in [0.29, 0.717) is 0 Å². The Labute approximate surface area is 155 Å². The minimum Gasteiger partial charge on any atom is -0.328 e. The predicted octanol–water partition coefficient (Wildman–Crippen LogP) is 2.88. The van der Waals surface area contributed by atoms with Crippen LogP contribution >= 0.6 is 0 Å². The predicted molar refractivity (Wildman–Crippen MR) is 109 cm³/mol. The molecule has 0 bridgehead atoms. The first-order chi connectivity index (χ1) is 12.8. The van der Waals surface area contributed by atoms with Gasteiger partial charge in [-0.2, -0.15) is 5.10 Å². The van der Waals surface area contributed by atoms with Gasteiger partial charge in [-0.15, -0.1) is 0 Å². The normalized spacial score (nSPS) is 15.8. The Morgan fingerprint density at radius 1 is 0.923 bits per heavy atom. The van der Waals surface area contributed by atoms with Crippen LogP contribution in [-0.2, 0) is 6.54 Å². The molecule has 4 rings (SSSR count). The molecule has 3 aromatic carbocycles. The summed E-state index contributed by atoms with van der Waals surface area (Å²) in [4.78, 5) is 1.64. The van der Waals surface area contributed by atoms with Gasteiger partial charge >= 0.3 is 0 Å². The largest absolute Gasteiger partial charge is 0.328 e. The summed E-state index contributed by atoms with van der Waals surface area (Å²) in [7, 11) is 0. The van der Waals surface area contributed by atoms with Crippen LogP contribution in [-0.4, -0.2) is 37.4 Å². The number of hydrazone groups is 1. The molecule has 3 nitrogen and oxygen atoms in total. The summed E-state index contributed by atoms with van der Waals surface area (Å²) in [5.74, 6) is 0. The molecule has 132 valence electrons. The third kappa shape index (κ3) is 3.94. The zero-order chi connectivity index (χ0) is 17.8. The summed E-state index contributed by atoms with van der Waals surface area (Å²) < 4.78 is 0. The van der Waals surface area contributed by atoms with E-state index in [9.17, 15) is 0 Å². The van der Waals surface area contributed by atoms with Gasteiger partial charge in [-0.05, 0) is 23.3 Å². The Hall–Kier alpha value is -2.65. The number of quaternary nitrogens is 1. The highest BCUT2D eigenvalue weighted by atomic mass is 15.5. The summed E-state index contributed by atoms with van der Waals surface area (Å²) in [6.07, 6.45) is 1.98. The molecule has 3 aromatic rings. The second-order valence-corrected chi connectivity index (χ2v) is 7.17. The van der Waals surface area contributed by atoms with E-state index in [0.717, 1.165) is 32.7 Å². The Morgan fingerprint density at radius 2 is 1.65 bits per heavy atom. The topological polar surface area (TPSA) is 20.0 Å². The lowest BCUT2D eigenvalue weighted by atomic mass is 10.0. The van der Waals surface area contributed by atoms with Crippen molar-refractivity contribution in [3.63, 3.8) is 0 Å². The number of benzene rings is 3. The number of piperazine rings is 1. The summed E-state index contributed by atoms with van der Waals surface area (Å²) in [6, 6.07) is 23.9. The first-order valence-electron chi connectivity index (χ1n) is 9.44. The van der Waals surface area contributed by atoms with Crippen molar-refractivity contribution in [1.29, 1.82) is 0 Å². The van der Waals surface area contributed by atoms with E-state index in [2.05, 4.69) is 83.8 Å². The van der Waals surface area contributed by atoms with Crippen LogP contribution in [0.4, 0.5) is 0 Å². The molecule has 0 unspecified atom stereocenters.